The molecule has 0 saturated heterocycles. The van der Waals surface area contributed by atoms with E-state index in [2.05, 4.69) is 16.0 Å². The van der Waals surface area contributed by atoms with Crippen molar-refractivity contribution in [2.75, 3.05) is 0 Å². The monoisotopic (exact) mass is 373 g/mol. The average molecular weight is 374 g/mol. The second-order valence-electron chi connectivity index (χ2n) is 6.44. The Balaban J connectivity index is 1.72. The highest BCUT2D eigenvalue weighted by atomic mass is 35.5. The van der Waals surface area contributed by atoms with Gasteiger partial charge in [-0.1, -0.05) is 23.7 Å². The smallest absolute Gasteiger partial charge is 0.149 e. The summed E-state index contributed by atoms with van der Waals surface area (Å²) in [5.41, 5.74) is 5.27. The molecule has 2 heterocycles. The molecule has 0 saturated carbocycles. The van der Waals surface area contributed by atoms with Crippen LogP contribution in [0.15, 0.2) is 52.9 Å². The van der Waals surface area contributed by atoms with Gasteiger partial charge in [0.15, 0.2) is 0 Å². The zero-order valence-electron chi connectivity index (χ0n) is 14.9. The third kappa shape index (κ3) is 3.38. The van der Waals surface area contributed by atoms with Gasteiger partial charge in [0.2, 0.25) is 0 Å². The Kier molecular flexibility index (Phi) is 4.31. The van der Waals surface area contributed by atoms with Crippen LogP contribution in [0.25, 0.3) is 34.0 Å². The van der Waals surface area contributed by atoms with E-state index in [-0.39, 0.29) is 0 Å². The molecule has 0 radical (unpaired) electrons. The summed E-state index contributed by atoms with van der Waals surface area (Å²) in [6.45, 7) is 4.02. The molecular weight excluding hydrogens is 358 g/mol. The summed E-state index contributed by atoms with van der Waals surface area (Å²) in [4.78, 5) is 7.71. The predicted molar refractivity (Wildman–Crippen MR) is 108 cm³/mol. The second-order valence-corrected chi connectivity index (χ2v) is 6.87. The van der Waals surface area contributed by atoms with E-state index in [0.717, 1.165) is 27.7 Å². The predicted octanol–water partition coefficient (Wildman–Crippen LogP) is 6.16. The number of benzene rings is 2. The largest absolute Gasteiger partial charge is 0.457 e. The van der Waals surface area contributed by atoms with E-state index in [4.69, 9.17) is 16.0 Å². The lowest BCUT2D eigenvalue weighted by atomic mass is 10.1. The summed E-state index contributed by atoms with van der Waals surface area (Å²) in [6.07, 6.45) is 1.69. The summed E-state index contributed by atoms with van der Waals surface area (Å²) in [5, 5.41) is 10.2. The highest BCUT2D eigenvalue weighted by Crippen LogP contribution is 2.29. The van der Waals surface area contributed by atoms with E-state index >= 15 is 0 Å². The molecule has 0 amide bonds. The van der Waals surface area contributed by atoms with Gasteiger partial charge in [-0.3, -0.25) is 0 Å². The van der Waals surface area contributed by atoms with Crippen LogP contribution in [0.5, 0.6) is 0 Å². The Labute approximate surface area is 161 Å². The van der Waals surface area contributed by atoms with Crippen molar-refractivity contribution in [3.05, 3.63) is 76.3 Å². The van der Waals surface area contributed by atoms with E-state index < -0.39 is 0 Å². The molecule has 2 aromatic carbocycles. The molecule has 27 heavy (non-hydrogen) atoms. The van der Waals surface area contributed by atoms with Gasteiger partial charge in [-0.05, 0) is 61.4 Å². The molecule has 0 fully saturated rings. The minimum absolute atomic E-state index is 0.410. The zero-order valence-corrected chi connectivity index (χ0v) is 15.6. The lowest BCUT2D eigenvalue weighted by Crippen LogP contribution is -1.84. The topological polar surface area (TPSA) is 65.6 Å². The lowest BCUT2D eigenvalue weighted by Gasteiger charge is -2.02. The number of fused-ring (bicyclic) bond motifs is 1. The maximum absolute atomic E-state index is 9.59. The molecular formula is C22H16ClN3O. The second kappa shape index (κ2) is 6.79. The number of H-pyrrole nitrogens is 1. The van der Waals surface area contributed by atoms with E-state index in [1.165, 1.54) is 0 Å². The molecule has 132 valence electrons. The molecule has 0 spiro atoms. The van der Waals surface area contributed by atoms with Gasteiger partial charge in [-0.2, -0.15) is 5.26 Å². The molecule has 1 N–H and O–H groups in total. The van der Waals surface area contributed by atoms with Crippen molar-refractivity contribution in [2.45, 2.75) is 13.8 Å². The van der Waals surface area contributed by atoms with E-state index in [9.17, 15) is 5.26 Å². The number of aromatic amines is 1. The van der Waals surface area contributed by atoms with Crippen molar-refractivity contribution in [1.29, 1.82) is 5.26 Å². The fourth-order valence-corrected chi connectivity index (χ4v) is 3.15. The number of imidazole rings is 1. The number of furan rings is 1. The normalized spacial score (nSPS) is 11.7. The Bertz CT molecular complexity index is 1220. The minimum Gasteiger partial charge on any atom is -0.457 e. The molecule has 0 atom stereocenters. The summed E-state index contributed by atoms with van der Waals surface area (Å²) in [6, 6.07) is 17.5. The van der Waals surface area contributed by atoms with Gasteiger partial charge >= 0.3 is 0 Å². The molecule has 0 aliphatic rings. The van der Waals surface area contributed by atoms with Crippen LogP contribution in [0.2, 0.25) is 5.02 Å². The van der Waals surface area contributed by atoms with Crippen LogP contribution in [0, 0.1) is 25.2 Å². The van der Waals surface area contributed by atoms with E-state index in [1.54, 1.807) is 6.08 Å². The van der Waals surface area contributed by atoms with Crippen molar-refractivity contribution in [2.24, 2.45) is 0 Å². The third-order valence-electron chi connectivity index (χ3n) is 4.39. The standard InChI is InChI=1S/C22H16ClN3O/c1-13-3-7-19-20(9-13)26-22(25-19)15(12-24)10-17-6-8-21(27-17)18-11-16(23)5-4-14(18)2/h3-11H,1-2H3,(H,25,26). The molecule has 4 aromatic rings. The fraction of sp³-hybridized carbons (Fsp3) is 0.0909. The van der Waals surface area contributed by atoms with Crippen LogP contribution in [-0.2, 0) is 0 Å². The average Bonchev–Trinajstić information content (AvgIpc) is 3.28. The molecule has 5 heteroatoms. The van der Waals surface area contributed by atoms with Gasteiger partial charge in [0.1, 0.15) is 23.4 Å². The van der Waals surface area contributed by atoms with Crippen molar-refractivity contribution in [3.63, 3.8) is 0 Å². The van der Waals surface area contributed by atoms with Crippen LogP contribution in [0.3, 0.4) is 0 Å². The lowest BCUT2D eigenvalue weighted by molar-refractivity contribution is 0.571. The number of hydrogen-bond donors (Lipinski definition) is 1. The van der Waals surface area contributed by atoms with Crippen LogP contribution in [0.1, 0.15) is 22.7 Å². The Morgan fingerprint density at radius 1 is 1.15 bits per heavy atom. The maximum atomic E-state index is 9.59. The van der Waals surface area contributed by atoms with Crippen molar-refractivity contribution in [3.8, 4) is 17.4 Å². The van der Waals surface area contributed by atoms with Crippen LogP contribution in [-0.4, -0.2) is 9.97 Å². The van der Waals surface area contributed by atoms with Gasteiger partial charge in [0.05, 0.1) is 16.6 Å². The highest BCUT2D eigenvalue weighted by Gasteiger charge is 2.11. The number of aryl methyl sites for hydroxylation is 2. The number of nitrogens with one attached hydrogen (secondary N) is 1. The first-order valence-corrected chi connectivity index (χ1v) is 8.86. The molecule has 4 nitrogen and oxygen atoms in total. The van der Waals surface area contributed by atoms with Gasteiger partial charge in [0.25, 0.3) is 0 Å². The Morgan fingerprint density at radius 3 is 2.81 bits per heavy atom. The number of halogens is 1. The molecule has 0 aliphatic heterocycles. The quantitative estimate of drug-likeness (QED) is 0.437. The van der Waals surface area contributed by atoms with Crippen molar-refractivity contribution >= 4 is 34.3 Å². The van der Waals surface area contributed by atoms with Gasteiger partial charge < -0.3 is 9.40 Å². The Hall–Kier alpha value is -3.29. The number of aromatic nitrogens is 2. The minimum atomic E-state index is 0.410. The van der Waals surface area contributed by atoms with Crippen molar-refractivity contribution in [1.82, 2.24) is 9.97 Å². The van der Waals surface area contributed by atoms with Crippen LogP contribution < -0.4 is 0 Å². The number of allylic oxidation sites excluding steroid dienone is 1. The maximum Gasteiger partial charge on any atom is 0.149 e. The number of rotatable bonds is 3. The summed E-state index contributed by atoms with van der Waals surface area (Å²) < 4.78 is 5.92. The number of nitriles is 1. The highest BCUT2D eigenvalue weighted by molar-refractivity contribution is 6.30. The number of hydrogen-bond acceptors (Lipinski definition) is 3. The third-order valence-corrected chi connectivity index (χ3v) is 4.63. The first-order chi connectivity index (χ1) is 13.0. The van der Waals surface area contributed by atoms with Crippen molar-refractivity contribution < 1.29 is 4.42 Å². The van der Waals surface area contributed by atoms with Gasteiger partial charge in [0, 0.05) is 16.7 Å². The van der Waals surface area contributed by atoms with Gasteiger partial charge in [-0.15, -0.1) is 0 Å². The van der Waals surface area contributed by atoms with E-state index in [0.29, 0.717) is 27.9 Å². The summed E-state index contributed by atoms with van der Waals surface area (Å²) >= 11 is 6.10. The first kappa shape index (κ1) is 17.1. The van der Waals surface area contributed by atoms with E-state index in [1.807, 2.05) is 62.4 Å². The van der Waals surface area contributed by atoms with Crippen LogP contribution in [0.4, 0.5) is 0 Å². The molecule has 0 aliphatic carbocycles. The molecule has 0 bridgehead atoms. The molecule has 2 aromatic heterocycles. The Morgan fingerprint density at radius 2 is 2.00 bits per heavy atom. The summed E-state index contributed by atoms with van der Waals surface area (Å²) in [5.74, 6) is 1.81. The van der Waals surface area contributed by atoms with Gasteiger partial charge in [-0.25, -0.2) is 4.98 Å². The SMILES string of the molecule is Cc1ccc2nc(C(C#N)=Cc3ccc(-c4cc(Cl)ccc4C)o3)[nH]c2c1. The molecule has 0 unspecified atom stereocenters. The molecule has 4 rings (SSSR count). The van der Waals surface area contributed by atoms with Crippen LogP contribution >= 0.6 is 11.6 Å². The zero-order chi connectivity index (χ0) is 19.0. The summed E-state index contributed by atoms with van der Waals surface area (Å²) in [7, 11) is 0. The number of nitrogens with zero attached hydrogens (tertiary/aromatic N) is 2. The first-order valence-electron chi connectivity index (χ1n) is 8.48. The fourth-order valence-electron chi connectivity index (χ4n) is 2.98.